The van der Waals surface area contributed by atoms with E-state index in [0.29, 0.717) is 26.3 Å². The van der Waals surface area contributed by atoms with Crippen molar-refractivity contribution in [2.45, 2.75) is 18.8 Å². The van der Waals surface area contributed by atoms with Crippen molar-refractivity contribution in [1.29, 1.82) is 0 Å². The van der Waals surface area contributed by atoms with E-state index in [1.165, 1.54) is 0 Å². The second-order valence-electron chi connectivity index (χ2n) is 4.86. The highest BCUT2D eigenvalue weighted by Gasteiger charge is 2.34. The number of ether oxygens (including phenoxy) is 3. The van der Waals surface area contributed by atoms with Gasteiger partial charge in [0.1, 0.15) is 12.7 Å². The average molecular weight is 263 g/mol. The number of likely N-dealkylation sites (tertiary alicyclic amines) is 1. The van der Waals surface area contributed by atoms with Gasteiger partial charge in [0, 0.05) is 0 Å². The van der Waals surface area contributed by atoms with Gasteiger partial charge in [-0.15, -0.1) is 0 Å². The third-order valence-electron chi connectivity index (χ3n) is 3.23. The van der Waals surface area contributed by atoms with Crippen molar-refractivity contribution in [2.75, 3.05) is 26.3 Å². The summed E-state index contributed by atoms with van der Waals surface area (Å²) in [6, 6.07) is 9.66. The maximum Gasteiger partial charge on any atom is 0.410 e. The van der Waals surface area contributed by atoms with Crippen molar-refractivity contribution in [3.63, 3.8) is 0 Å². The summed E-state index contributed by atoms with van der Waals surface area (Å²) in [6.45, 7) is 2.98. The van der Waals surface area contributed by atoms with Crippen LogP contribution in [0.5, 0.6) is 0 Å². The molecule has 1 atom stereocenters. The van der Waals surface area contributed by atoms with E-state index in [0.717, 1.165) is 12.2 Å². The predicted molar refractivity (Wildman–Crippen MR) is 67.7 cm³/mol. The molecule has 0 aliphatic carbocycles. The molecule has 102 valence electrons. The molecule has 0 bridgehead atoms. The summed E-state index contributed by atoms with van der Waals surface area (Å²) >= 11 is 0. The Morgan fingerprint density at radius 2 is 2.05 bits per heavy atom. The van der Waals surface area contributed by atoms with Crippen LogP contribution in [0.2, 0.25) is 0 Å². The van der Waals surface area contributed by atoms with E-state index in [9.17, 15) is 4.79 Å². The normalized spacial score (nSPS) is 21.9. The number of carbonyl (C=O) groups is 1. The zero-order chi connectivity index (χ0) is 13.1. The molecule has 3 rings (SSSR count). The molecule has 0 radical (unpaired) electrons. The molecule has 1 aromatic carbocycles. The van der Waals surface area contributed by atoms with Gasteiger partial charge in [-0.25, -0.2) is 4.79 Å². The van der Waals surface area contributed by atoms with Crippen LogP contribution in [0.25, 0.3) is 0 Å². The Morgan fingerprint density at radius 3 is 2.74 bits per heavy atom. The highest BCUT2D eigenvalue weighted by Crippen LogP contribution is 2.17. The number of benzene rings is 1. The zero-order valence-corrected chi connectivity index (χ0v) is 10.7. The number of amides is 1. The predicted octanol–water partition coefficient (Wildman–Crippen LogP) is 1.42. The molecule has 0 saturated carbocycles. The smallest absolute Gasteiger partial charge is 0.410 e. The molecular formula is C14H17NO4. The first-order valence-corrected chi connectivity index (χ1v) is 6.50. The first-order chi connectivity index (χ1) is 9.31. The Bertz CT molecular complexity index is 426. The third-order valence-corrected chi connectivity index (χ3v) is 3.23. The van der Waals surface area contributed by atoms with Gasteiger partial charge in [0.2, 0.25) is 0 Å². The standard InChI is InChI=1S/C14H17NO4/c16-14(19-8-11-4-2-1-3-5-11)15-6-12(7-15)17-9-13-10-18-13/h1-5,12-13H,6-10H2/t13-/m1/s1. The molecule has 19 heavy (non-hydrogen) atoms. The Labute approximate surface area is 112 Å². The summed E-state index contributed by atoms with van der Waals surface area (Å²) in [4.78, 5) is 13.4. The van der Waals surface area contributed by atoms with Gasteiger partial charge in [-0.1, -0.05) is 30.3 Å². The third kappa shape index (κ3) is 3.45. The molecular weight excluding hydrogens is 246 g/mol. The maximum atomic E-state index is 11.7. The van der Waals surface area contributed by atoms with Gasteiger partial charge in [-0.2, -0.15) is 0 Å². The van der Waals surface area contributed by atoms with Crippen LogP contribution < -0.4 is 0 Å². The Hall–Kier alpha value is -1.59. The molecule has 5 nitrogen and oxygen atoms in total. The van der Waals surface area contributed by atoms with E-state index in [1.54, 1.807) is 4.90 Å². The lowest BCUT2D eigenvalue weighted by molar-refractivity contribution is -0.0543. The topological polar surface area (TPSA) is 51.3 Å². The minimum atomic E-state index is -0.272. The van der Waals surface area contributed by atoms with Crippen molar-refractivity contribution < 1.29 is 19.0 Å². The SMILES string of the molecule is O=C(OCc1ccccc1)N1CC(OC[C@@H]2CO2)C1. The fraction of sp³-hybridized carbons (Fsp3) is 0.500. The first kappa shape index (κ1) is 12.4. The molecule has 0 N–H and O–H groups in total. The van der Waals surface area contributed by atoms with E-state index in [1.807, 2.05) is 30.3 Å². The molecule has 5 heteroatoms. The lowest BCUT2D eigenvalue weighted by atomic mass is 10.2. The van der Waals surface area contributed by atoms with Gasteiger partial charge in [0.25, 0.3) is 0 Å². The van der Waals surface area contributed by atoms with E-state index in [4.69, 9.17) is 14.2 Å². The molecule has 2 saturated heterocycles. The molecule has 1 aromatic rings. The van der Waals surface area contributed by atoms with Gasteiger partial charge < -0.3 is 19.1 Å². The fourth-order valence-electron chi connectivity index (χ4n) is 1.91. The van der Waals surface area contributed by atoms with Gasteiger partial charge in [0.15, 0.2) is 0 Å². The highest BCUT2D eigenvalue weighted by molar-refractivity contribution is 5.68. The second kappa shape index (κ2) is 5.59. The minimum Gasteiger partial charge on any atom is -0.445 e. The number of carbonyl (C=O) groups excluding carboxylic acids is 1. The number of epoxide rings is 1. The number of hydrogen-bond acceptors (Lipinski definition) is 4. The Balaban J connectivity index is 1.33. The summed E-state index contributed by atoms with van der Waals surface area (Å²) in [5, 5.41) is 0. The lowest BCUT2D eigenvalue weighted by Gasteiger charge is -2.37. The summed E-state index contributed by atoms with van der Waals surface area (Å²) in [5.74, 6) is 0. The summed E-state index contributed by atoms with van der Waals surface area (Å²) in [6.07, 6.45) is 0.138. The fourth-order valence-corrected chi connectivity index (χ4v) is 1.91. The Morgan fingerprint density at radius 1 is 1.32 bits per heavy atom. The quantitative estimate of drug-likeness (QED) is 0.754. The molecule has 2 aliphatic rings. The van der Waals surface area contributed by atoms with Crippen LogP contribution in [0, 0.1) is 0 Å². The van der Waals surface area contributed by atoms with Crippen LogP contribution in [0.15, 0.2) is 30.3 Å². The number of hydrogen-bond donors (Lipinski definition) is 0. The number of rotatable bonds is 5. The zero-order valence-electron chi connectivity index (χ0n) is 10.7. The molecule has 2 heterocycles. The number of nitrogens with zero attached hydrogens (tertiary/aromatic N) is 1. The van der Waals surface area contributed by atoms with Crippen LogP contribution in [-0.2, 0) is 20.8 Å². The van der Waals surface area contributed by atoms with E-state index < -0.39 is 0 Å². The van der Waals surface area contributed by atoms with Crippen LogP contribution in [0.3, 0.4) is 0 Å². The van der Waals surface area contributed by atoms with Crippen molar-refractivity contribution in [1.82, 2.24) is 4.90 Å². The summed E-state index contributed by atoms with van der Waals surface area (Å²) in [5.41, 5.74) is 0.995. The summed E-state index contributed by atoms with van der Waals surface area (Å²) < 4.78 is 15.9. The second-order valence-corrected chi connectivity index (χ2v) is 4.86. The van der Waals surface area contributed by atoms with Crippen LogP contribution in [0.4, 0.5) is 4.79 Å². The van der Waals surface area contributed by atoms with Crippen LogP contribution >= 0.6 is 0 Å². The molecule has 2 aliphatic heterocycles. The first-order valence-electron chi connectivity index (χ1n) is 6.50. The molecule has 1 amide bonds. The van der Waals surface area contributed by atoms with Crippen molar-refractivity contribution in [3.05, 3.63) is 35.9 Å². The van der Waals surface area contributed by atoms with Crippen LogP contribution in [-0.4, -0.2) is 49.5 Å². The van der Waals surface area contributed by atoms with Gasteiger partial charge in [-0.05, 0) is 5.56 Å². The van der Waals surface area contributed by atoms with E-state index in [-0.39, 0.29) is 18.3 Å². The lowest BCUT2D eigenvalue weighted by Crippen LogP contribution is -2.55. The van der Waals surface area contributed by atoms with Crippen molar-refractivity contribution >= 4 is 6.09 Å². The van der Waals surface area contributed by atoms with Gasteiger partial charge >= 0.3 is 6.09 Å². The Kier molecular flexibility index (Phi) is 3.66. The molecule has 0 aromatic heterocycles. The van der Waals surface area contributed by atoms with E-state index in [2.05, 4.69) is 0 Å². The molecule has 0 unspecified atom stereocenters. The monoisotopic (exact) mass is 263 g/mol. The average Bonchev–Trinajstić information content (AvgIpc) is 3.20. The largest absolute Gasteiger partial charge is 0.445 e. The van der Waals surface area contributed by atoms with Crippen molar-refractivity contribution in [2.24, 2.45) is 0 Å². The van der Waals surface area contributed by atoms with Gasteiger partial charge in [-0.3, -0.25) is 0 Å². The summed E-state index contributed by atoms with van der Waals surface area (Å²) in [7, 11) is 0. The van der Waals surface area contributed by atoms with Crippen LogP contribution in [0.1, 0.15) is 5.56 Å². The molecule has 2 fully saturated rings. The molecule has 0 spiro atoms. The van der Waals surface area contributed by atoms with E-state index >= 15 is 0 Å². The minimum absolute atomic E-state index is 0.133. The highest BCUT2D eigenvalue weighted by atomic mass is 16.6. The van der Waals surface area contributed by atoms with Crippen molar-refractivity contribution in [3.8, 4) is 0 Å². The van der Waals surface area contributed by atoms with Gasteiger partial charge in [0.05, 0.1) is 32.4 Å². The maximum absolute atomic E-state index is 11.7.